The Kier molecular flexibility index (Phi) is 3.61. The molecule has 0 radical (unpaired) electrons. The van der Waals surface area contributed by atoms with E-state index in [1.54, 1.807) is 6.92 Å². The zero-order valence-corrected chi connectivity index (χ0v) is 10.2. The van der Waals surface area contributed by atoms with Crippen LogP contribution >= 0.6 is 11.3 Å². The zero-order chi connectivity index (χ0) is 11.5. The molecule has 0 saturated carbocycles. The SMILES string of the molecule is CC(O)CC1CCCN1C(=O)c1cccs1. The molecule has 2 heterocycles. The van der Waals surface area contributed by atoms with Crippen LogP contribution in [0.25, 0.3) is 0 Å². The normalized spacial score (nSPS) is 22.4. The van der Waals surface area contributed by atoms with Gasteiger partial charge in [0.15, 0.2) is 0 Å². The lowest BCUT2D eigenvalue weighted by atomic mass is 10.1. The van der Waals surface area contributed by atoms with E-state index in [1.165, 1.54) is 11.3 Å². The quantitative estimate of drug-likeness (QED) is 0.877. The van der Waals surface area contributed by atoms with Crippen molar-refractivity contribution in [2.75, 3.05) is 6.54 Å². The number of hydrogen-bond acceptors (Lipinski definition) is 3. The van der Waals surface area contributed by atoms with Crippen LogP contribution in [0.15, 0.2) is 17.5 Å². The average Bonchev–Trinajstić information content (AvgIpc) is 2.84. The first kappa shape index (κ1) is 11.6. The third-order valence-corrected chi connectivity index (χ3v) is 3.84. The van der Waals surface area contributed by atoms with Crippen LogP contribution in [0, 0.1) is 0 Å². The van der Waals surface area contributed by atoms with E-state index in [1.807, 2.05) is 22.4 Å². The Morgan fingerprint density at radius 2 is 2.56 bits per heavy atom. The number of thiophene rings is 1. The molecular formula is C12H17NO2S. The number of carbonyl (C=O) groups excluding carboxylic acids is 1. The Hall–Kier alpha value is -0.870. The average molecular weight is 239 g/mol. The number of carbonyl (C=O) groups is 1. The summed E-state index contributed by atoms with van der Waals surface area (Å²) >= 11 is 1.49. The minimum Gasteiger partial charge on any atom is -0.393 e. The van der Waals surface area contributed by atoms with Crippen molar-refractivity contribution in [2.45, 2.75) is 38.3 Å². The van der Waals surface area contributed by atoms with Gasteiger partial charge >= 0.3 is 0 Å². The van der Waals surface area contributed by atoms with Gasteiger partial charge in [-0.15, -0.1) is 11.3 Å². The lowest BCUT2D eigenvalue weighted by Gasteiger charge is -2.25. The highest BCUT2D eigenvalue weighted by Gasteiger charge is 2.30. The van der Waals surface area contributed by atoms with Crippen LogP contribution in [0.5, 0.6) is 0 Å². The van der Waals surface area contributed by atoms with E-state index in [0.29, 0.717) is 6.42 Å². The summed E-state index contributed by atoms with van der Waals surface area (Å²) < 4.78 is 0. The van der Waals surface area contributed by atoms with Crippen LogP contribution in [0.3, 0.4) is 0 Å². The van der Waals surface area contributed by atoms with E-state index >= 15 is 0 Å². The van der Waals surface area contributed by atoms with Gasteiger partial charge in [0, 0.05) is 12.6 Å². The molecular weight excluding hydrogens is 222 g/mol. The molecule has 1 aliphatic heterocycles. The predicted molar refractivity (Wildman–Crippen MR) is 64.7 cm³/mol. The molecule has 1 aromatic heterocycles. The van der Waals surface area contributed by atoms with Crippen LogP contribution in [-0.4, -0.2) is 34.6 Å². The van der Waals surface area contributed by atoms with Crippen molar-refractivity contribution in [2.24, 2.45) is 0 Å². The fourth-order valence-electron chi connectivity index (χ4n) is 2.28. The van der Waals surface area contributed by atoms with E-state index in [0.717, 1.165) is 24.3 Å². The molecule has 1 saturated heterocycles. The fourth-order valence-corrected chi connectivity index (χ4v) is 2.96. The molecule has 0 spiro atoms. The summed E-state index contributed by atoms with van der Waals surface area (Å²) in [6.07, 6.45) is 2.43. The number of rotatable bonds is 3. The highest BCUT2D eigenvalue weighted by atomic mass is 32.1. The van der Waals surface area contributed by atoms with Gasteiger partial charge in [-0.25, -0.2) is 0 Å². The van der Waals surface area contributed by atoms with Crippen molar-refractivity contribution >= 4 is 17.2 Å². The van der Waals surface area contributed by atoms with Gasteiger partial charge in [-0.3, -0.25) is 4.79 Å². The smallest absolute Gasteiger partial charge is 0.264 e. The maximum atomic E-state index is 12.2. The molecule has 0 bridgehead atoms. The number of likely N-dealkylation sites (tertiary alicyclic amines) is 1. The number of nitrogens with zero attached hydrogens (tertiary/aromatic N) is 1. The lowest BCUT2D eigenvalue weighted by Crippen LogP contribution is -2.36. The highest BCUT2D eigenvalue weighted by Crippen LogP contribution is 2.24. The minimum absolute atomic E-state index is 0.123. The Labute approximate surface area is 99.7 Å². The Morgan fingerprint density at radius 1 is 1.75 bits per heavy atom. The van der Waals surface area contributed by atoms with Crippen molar-refractivity contribution < 1.29 is 9.90 Å². The molecule has 1 amide bonds. The Bertz CT molecular complexity index is 348. The van der Waals surface area contributed by atoms with Crippen molar-refractivity contribution in [1.29, 1.82) is 0 Å². The van der Waals surface area contributed by atoms with Gasteiger partial charge in [0.25, 0.3) is 5.91 Å². The third kappa shape index (κ3) is 2.44. The first-order valence-electron chi connectivity index (χ1n) is 5.71. The van der Waals surface area contributed by atoms with Gasteiger partial charge in [0.2, 0.25) is 0 Å². The molecule has 4 heteroatoms. The molecule has 2 rings (SSSR count). The molecule has 0 aromatic carbocycles. The summed E-state index contributed by atoms with van der Waals surface area (Å²) in [7, 11) is 0. The molecule has 1 aromatic rings. The van der Waals surface area contributed by atoms with Gasteiger partial charge < -0.3 is 10.0 Å². The standard InChI is InChI=1S/C12H17NO2S/c1-9(14)8-10-4-2-6-13(10)12(15)11-5-3-7-16-11/h3,5,7,9-10,14H,2,4,6,8H2,1H3. The molecule has 1 aliphatic rings. The first-order valence-corrected chi connectivity index (χ1v) is 6.59. The van der Waals surface area contributed by atoms with E-state index < -0.39 is 0 Å². The second-order valence-corrected chi connectivity index (χ2v) is 5.30. The maximum absolute atomic E-state index is 12.2. The van der Waals surface area contributed by atoms with Gasteiger partial charge in [-0.2, -0.15) is 0 Å². The molecule has 1 N–H and O–H groups in total. The molecule has 2 unspecified atom stereocenters. The number of aliphatic hydroxyl groups excluding tert-OH is 1. The Balaban J connectivity index is 2.05. The van der Waals surface area contributed by atoms with Crippen LogP contribution in [0.2, 0.25) is 0 Å². The minimum atomic E-state index is -0.332. The summed E-state index contributed by atoms with van der Waals surface area (Å²) in [5, 5.41) is 11.3. The van der Waals surface area contributed by atoms with E-state index in [2.05, 4.69) is 0 Å². The number of amides is 1. The molecule has 88 valence electrons. The van der Waals surface area contributed by atoms with Crippen molar-refractivity contribution in [3.05, 3.63) is 22.4 Å². The highest BCUT2D eigenvalue weighted by molar-refractivity contribution is 7.12. The van der Waals surface area contributed by atoms with Crippen LogP contribution < -0.4 is 0 Å². The van der Waals surface area contributed by atoms with Crippen LogP contribution in [0.4, 0.5) is 0 Å². The van der Waals surface area contributed by atoms with Gasteiger partial charge in [-0.05, 0) is 37.6 Å². The van der Waals surface area contributed by atoms with Crippen LogP contribution in [-0.2, 0) is 0 Å². The summed E-state index contributed by atoms with van der Waals surface area (Å²) in [5.74, 6) is 0.123. The second kappa shape index (κ2) is 4.97. The largest absolute Gasteiger partial charge is 0.393 e. The topological polar surface area (TPSA) is 40.5 Å². The molecule has 16 heavy (non-hydrogen) atoms. The predicted octanol–water partition coefficient (Wildman–Crippen LogP) is 2.12. The molecule has 1 fully saturated rings. The van der Waals surface area contributed by atoms with Gasteiger partial charge in [0.05, 0.1) is 11.0 Å². The lowest BCUT2D eigenvalue weighted by molar-refractivity contribution is 0.0687. The molecule has 2 atom stereocenters. The van der Waals surface area contributed by atoms with Crippen molar-refractivity contribution in [1.82, 2.24) is 4.90 Å². The van der Waals surface area contributed by atoms with Crippen molar-refractivity contribution in [3.63, 3.8) is 0 Å². The van der Waals surface area contributed by atoms with Crippen LogP contribution in [0.1, 0.15) is 35.9 Å². The number of hydrogen-bond donors (Lipinski definition) is 1. The maximum Gasteiger partial charge on any atom is 0.264 e. The fraction of sp³-hybridized carbons (Fsp3) is 0.583. The van der Waals surface area contributed by atoms with Gasteiger partial charge in [-0.1, -0.05) is 6.07 Å². The van der Waals surface area contributed by atoms with Crippen molar-refractivity contribution in [3.8, 4) is 0 Å². The number of aliphatic hydroxyl groups is 1. The summed E-state index contributed by atoms with van der Waals surface area (Å²) in [4.78, 5) is 14.9. The zero-order valence-electron chi connectivity index (χ0n) is 9.43. The van der Waals surface area contributed by atoms with E-state index in [9.17, 15) is 9.90 Å². The molecule has 0 aliphatic carbocycles. The summed E-state index contributed by atoms with van der Waals surface area (Å²) in [5.41, 5.74) is 0. The van der Waals surface area contributed by atoms with E-state index in [4.69, 9.17) is 0 Å². The second-order valence-electron chi connectivity index (χ2n) is 4.36. The summed E-state index contributed by atoms with van der Waals surface area (Å²) in [6.45, 7) is 2.61. The third-order valence-electron chi connectivity index (χ3n) is 2.98. The summed E-state index contributed by atoms with van der Waals surface area (Å²) in [6, 6.07) is 3.98. The monoisotopic (exact) mass is 239 g/mol. The Morgan fingerprint density at radius 3 is 3.19 bits per heavy atom. The molecule has 3 nitrogen and oxygen atoms in total. The first-order chi connectivity index (χ1) is 7.68. The van der Waals surface area contributed by atoms with Gasteiger partial charge in [0.1, 0.15) is 0 Å². The van der Waals surface area contributed by atoms with E-state index in [-0.39, 0.29) is 18.1 Å².